The van der Waals surface area contributed by atoms with Crippen LogP contribution in [0.25, 0.3) is 0 Å². The maximum atomic E-state index is 13.3. The molecule has 0 aromatic carbocycles. The van der Waals surface area contributed by atoms with Crippen LogP contribution in [0, 0.1) is 5.82 Å². The van der Waals surface area contributed by atoms with Gasteiger partial charge >= 0.3 is 6.18 Å². The van der Waals surface area contributed by atoms with E-state index in [4.69, 9.17) is 0 Å². The summed E-state index contributed by atoms with van der Waals surface area (Å²) in [5.41, 5.74) is -1.99. The quantitative estimate of drug-likeness (QED) is 0.846. The topological polar surface area (TPSA) is 24.9 Å². The van der Waals surface area contributed by atoms with Gasteiger partial charge in [0.2, 0.25) is 0 Å². The lowest BCUT2D eigenvalue weighted by Crippen LogP contribution is -2.39. The number of nitrogens with zero attached hydrogens (tertiary/aromatic N) is 1. The van der Waals surface area contributed by atoms with E-state index in [0.717, 1.165) is 6.07 Å². The van der Waals surface area contributed by atoms with Crippen LogP contribution in [0.5, 0.6) is 0 Å². The van der Waals surface area contributed by atoms with Crippen molar-refractivity contribution in [3.63, 3.8) is 0 Å². The first-order valence-corrected chi connectivity index (χ1v) is 5.29. The third-order valence-electron chi connectivity index (χ3n) is 2.46. The first kappa shape index (κ1) is 11.6. The summed E-state index contributed by atoms with van der Waals surface area (Å²) in [7, 11) is 0. The van der Waals surface area contributed by atoms with Crippen LogP contribution < -0.4 is 5.32 Å². The van der Waals surface area contributed by atoms with E-state index in [1.807, 2.05) is 0 Å². The molecule has 0 aliphatic heterocycles. The van der Waals surface area contributed by atoms with Gasteiger partial charge < -0.3 is 5.32 Å². The van der Waals surface area contributed by atoms with Crippen molar-refractivity contribution >= 4 is 21.7 Å². The fourth-order valence-corrected chi connectivity index (χ4v) is 1.64. The predicted octanol–water partition coefficient (Wildman–Crippen LogP) is 3.49. The smallest absolute Gasteiger partial charge is 0.354 e. The molecule has 1 fully saturated rings. The fraction of sp³-hybridized carbons (Fsp3) is 0.444. The average Bonchev–Trinajstić information content (AvgIpc) is 2.90. The molecule has 88 valence electrons. The van der Waals surface area contributed by atoms with Gasteiger partial charge in [-0.15, -0.1) is 0 Å². The second kappa shape index (κ2) is 3.58. The Kier molecular flexibility index (Phi) is 2.60. The SMILES string of the molecule is Fc1cc(Br)cnc1NC1(C(F)(F)F)CC1. The highest BCUT2D eigenvalue weighted by atomic mass is 79.9. The third-order valence-corrected chi connectivity index (χ3v) is 2.89. The standard InChI is InChI=1S/C9H7BrF4N2/c10-5-3-6(11)7(15-4-5)16-8(1-2-8)9(12,13)14/h3-4H,1-2H2,(H,15,16). The monoisotopic (exact) mass is 298 g/mol. The molecule has 0 saturated heterocycles. The van der Waals surface area contributed by atoms with E-state index in [2.05, 4.69) is 26.2 Å². The van der Waals surface area contributed by atoms with E-state index < -0.39 is 17.5 Å². The van der Waals surface area contributed by atoms with E-state index in [-0.39, 0.29) is 18.7 Å². The molecule has 0 spiro atoms. The lowest BCUT2D eigenvalue weighted by molar-refractivity contribution is -0.151. The normalized spacial score (nSPS) is 18.3. The lowest BCUT2D eigenvalue weighted by atomic mass is 10.2. The number of nitrogens with one attached hydrogen (secondary N) is 1. The van der Waals surface area contributed by atoms with Crippen LogP contribution in [0.1, 0.15) is 12.8 Å². The number of aromatic nitrogens is 1. The van der Waals surface area contributed by atoms with Crippen LogP contribution in [0.4, 0.5) is 23.4 Å². The predicted molar refractivity (Wildman–Crippen MR) is 53.5 cm³/mol. The molecule has 16 heavy (non-hydrogen) atoms. The van der Waals surface area contributed by atoms with Gasteiger partial charge in [-0.2, -0.15) is 13.2 Å². The Morgan fingerprint density at radius 1 is 1.38 bits per heavy atom. The van der Waals surface area contributed by atoms with Gasteiger partial charge in [-0.3, -0.25) is 0 Å². The molecule has 2 nitrogen and oxygen atoms in total. The second-order valence-corrected chi connectivity index (χ2v) is 4.60. The minimum absolute atomic E-state index is 0.0479. The number of anilines is 1. The zero-order valence-electron chi connectivity index (χ0n) is 7.91. The molecular weight excluding hydrogens is 292 g/mol. The summed E-state index contributed by atoms with van der Waals surface area (Å²) in [6, 6.07) is 1.07. The van der Waals surface area contributed by atoms with Crippen molar-refractivity contribution < 1.29 is 17.6 Å². The summed E-state index contributed by atoms with van der Waals surface area (Å²) in [5.74, 6) is -1.16. The molecule has 1 aliphatic rings. The molecule has 0 bridgehead atoms. The number of hydrogen-bond donors (Lipinski definition) is 1. The number of halogens is 5. The molecule has 0 unspecified atom stereocenters. The number of pyridine rings is 1. The molecule has 0 amide bonds. The maximum Gasteiger partial charge on any atom is 0.411 e. The molecule has 1 aromatic heterocycles. The van der Waals surface area contributed by atoms with E-state index in [1.54, 1.807) is 0 Å². The van der Waals surface area contributed by atoms with Gasteiger partial charge in [0, 0.05) is 10.7 Å². The highest BCUT2D eigenvalue weighted by Crippen LogP contribution is 2.51. The summed E-state index contributed by atoms with van der Waals surface area (Å²) in [4.78, 5) is 3.58. The molecular formula is C9H7BrF4N2. The van der Waals surface area contributed by atoms with Gasteiger partial charge in [-0.05, 0) is 34.8 Å². The van der Waals surface area contributed by atoms with Crippen molar-refractivity contribution in [1.29, 1.82) is 0 Å². The van der Waals surface area contributed by atoms with Crippen LogP contribution in [0.15, 0.2) is 16.7 Å². The van der Waals surface area contributed by atoms with Gasteiger partial charge in [-0.1, -0.05) is 0 Å². The maximum absolute atomic E-state index is 13.3. The van der Waals surface area contributed by atoms with Gasteiger partial charge in [0.15, 0.2) is 11.6 Å². The molecule has 0 atom stereocenters. The summed E-state index contributed by atoms with van der Waals surface area (Å²) < 4.78 is 51.4. The Labute approximate surface area is 97.2 Å². The average molecular weight is 299 g/mol. The lowest BCUT2D eigenvalue weighted by Gasteiger charge is -2.21. The number of rotatable bonds is 2. The van der Waals surface area contributed by atoms with E-state index in [1.165, 1.54) is 6.20 Å². The third kappa shape index (κ3) is 2.00. The molecule has 7 heteroatoms. The fourth-order valence-electron chi connectivity index (χ4n) is 1.34. The zero-order chi connectivity index (χ0) is 12.0. The van der Waals surface area contributed by atoms with Crippen LogP contribution in [0.3, 0.4) is 0 Å². The molecule has 2 rings (SSSR count). The minimum Gasteiger partial charge on any atom is -0.354 e. The van der Waals surface area contributed by atoms with Crippen molar-refractivity contribution in [3.8, 4) is 0 Å². The molecule has 1 saturated carbocycles. The van der Waals surface area contributed by atoms with Crippen LogP contribution >= 0.6 is 15.9 Å². The Morgan fingerprint density at radius 3 is 2.44 bits per heavy atom. The molecule has 1 aromatic rings. The van der Waals surface area contributed by atoms with Crippen molar-refractivity contribution in [1.82, 2.24) is 4.98 Å². The second-order valence-electron chi connectivity index (χ2n) is 3.69. The van der Waals surface area contributed by atoms with E-state index in [9.17, 15) is 17.6 Å². The van der Waals surface area contributed by atoms with Crippen LogP contribution in [-0.2, 0) is 0 Å². The largest absolute Gasteiger partial charge is 0.411 e. The van der Waals surface area contributed by atoms with Gasteiger partial charge in [-0.25, -0.2) is 9.37 Å². The zero-order valence-corrected chi connectivity index (χ0v) is 9.49. The molecule has 1 heterocycles. The van der Waals surface area contributed by atoms with E-state index >= 15 is 0 Å². The Morgan fingerprint density at radius 2 is 2.00 bits per heavy atom. The first-order valence-electron chi connectivity index (χ1n) is 4.50. The van der Waals surface area contributed by atoms with Gasteiger partial charge in [0.25, 0.3) is 0 Å². The Balaban J connectivity index is 2.22. The van der Waals surface area contributed by atoms with Crippen molar-refractivity contribution in [2.24, 2.45) is 0 Å². The van der Waals surface area contributed by atoms with Gasteiger partial charge in [0.05, 0.1) is 0 Å². The Hall–Kier alpha value is -0.850. The summed E-state index contributed by atoms with van der Waals surface area (Å²) in [5, 5.41) is 2.13. The summed E-state index contributed by atoms with van der Waals surface area (Å²) in [6.45, 7) is 0. The summed E-state index contributed by atoms with van der Waals surface area (Å²) >= 11 is 2.98. The minimum atomic E-state index is -4.38. The number of hydrogen-bond acceptors (Lipinski definition) is 2. The molecule has 0 radical (unpaired) electrons. The van der Waals surface area contributed by atoms with Crippen molar-refractivity contribution in [2.75, 3.05) is 5.32 Å². The summed E-state index contributed by atoms with van der Waals surface area (Å²) in [6.07, 6.45) is -3.23. The van der Waals surface area contributed by atoms with Crippen molar-refractivity contribution in [2.45, 2.75) is 24.6 Å². The highest BCUT2D eigenvalue weighted by Gasteiger charge is 2.63. The Bertz CT molecular complexity index is 414. The van der Waals surface area contributed by atoms with Crippen LogP contribution in [-0.4, -0.2) is 16.7 Å². The van der Waals surface area contributed by atoms with Crippen LogP contribution in [0.2, 0.25) is 0 Å². The van der Waals surface area contributed by atoms with Crippen molar-refractivity contribution in [3.05, 3.63) is 22.6 Å². The molecule has 1 N–H and O–H groups in total. The molecule has 1 aliphatic carbocycles. The van der Waals surface area contributed by atoms with E-state index in [0.29, 0.717) is 4.47 Å². The highest BCUT2D eigenvalue weighted by molar-refractivity contribution is 9.10. The first-order chi connectivity index (χ1) is 7.34. The number of alkyl halides is 3. The van der Waals surface area contributed by atoms with Gasteiger partial charge in [0.1, 0.15) is 5.54 Å².